The number of rotatable bonds is 3. The quantitative estimate of drug-likeness (QED) is 0.931. The van der Waals surface area contributed by atoms with Crippen LogP contribution < -0.4 is 5.32 Å². The Labute approximate surface area is 129 Å². The van der Waals surface area contributed by atoms with Crippen LogP contribution in [0.4, 0.5) is 4.79 Å². The van der Waals surface area contributed by atoms with E-state index in [4.69, 9.17) is 0 Å². The normalized spacial score (nSPS) is 21.1. The molecule has 2 amide bonds. The van der Waals surface area contributed by atoms with Gasteiger partial charge in [-0.15, -0.1) is 11.3 Å². The molecule has 1 aromatic rings. The van der Waals surface area contributed by atoms with Crippen molar-refractivity contribution in [3.63, 3.8) is 0 Å². The van der Waals surface area contributed by atoms with Crippen LogP contribution in [0, 0.1) is 12.8 Å². The van der Waals surface area contributed by atoms with Crippen LogP contribution in [0.5, 0.6) is 0 Å². The molecule has 2 unspecified atom stereocenters. The Kier molecular flexibility index (Phi) is 5.32. The van der Waals surface area contributed by atoms with Gasteiger partial charge in [-0.25, -0.2) is 9.78 Å². The van der Waals surface area contributed by atoms with Crippen molar-refractivity contribution >= 4 is 29.1 Å². The highest BCUT2D eigenvalue weighted by Gasteiger charge is 2.26. The van der Waals surface area contributed by atoms with Gasteiger partial charge in [0.05, 0.1) is 16.7 Å². The largest absolute Gasteiger partial charge is 0.330 e. The summed E-state index contributed by atoms with van der Waals surface area (Å²) in [4.78, 5) is 18.7. The van der Waals surface area contributed by atoms with Gasteiger partial charge in [0.25, 0.3) is 0 Å². The molecule has 0 radical (unpaired) electrons. The molecule has 2 heterocycles. The van der Waals surface area contributed by atoms with E-state index in [-0.39, 0.29) is 12.1 Å². The summed E-state index contributed by atoms with van der Waals surface area (Å²) < 4.78 is 0. The smallest absolute Gasteiger partial charge is 0.317 e. The molecular weight excluding hydrogens is 290 g/mol. The van der Waals surface area contributed by atoms with Crippen LogP contribution in [0.3, 0.4) is 0 Å². The zero-order valence-electron chi connectivity index (χ0n) is 12.5. The molecule has 0 saturated carbocycles. The van der Waals surface area contributed by atoms with Crippen LogP contribution >= 0.6 is 23.1 Å². The first-order valence-corrected chi connectivity index (χ1v) is 8.99. The Morgan fingerprint density at radius 2 is 2.25 bits per heavy atom. The van der Waals surface area contributed by atoms with Crippen LogP contribution in [0.1, 0.15) is 37.5 Å². The molecule has 2 atom stereocenters. The second-order valence-corrected chi connectivity index (χ2v) is 7.97. The molecule has 1 aliphatic rings. The van der Waals surface area contributed by atoms with Gasteiger partial charge in [-0.1, -0.05) is 13.8 Å². The van der Waals surface area contributed by atoms with Crippen LogP contribution in [0.25, 0.3) is 0 Å². The third kappa shape index (κ3) is 3.88. The van der Waals surface area contributed by atoms with Gasteiger partial charge in [0.15, 0.2) is 0 Å². The number of carbonyl (C=O) groups excluding carboxylic acids is 1. The number of hydrogen-bond acceptors (Lipinski definition) is 4. The van der Waals surface area contributed by atoms with Gasteiger partial charge in [-0.05, 0) is 19.8 Å². The van der Waals surface area contributed by atoms with Gasteiger partial charge >= 0.3 is 6.03 Å². The molecule has 6 heteroatoms. The molecule has 4 nitrogen and oxygen atoms in total. The molecule has 1 aliphatic heterocycles. The SMILES string of the molecule is Cc1nc(C(C)NC(=O)N2CCSC(C(C)C)C2)cs1. The van der Waals surface area contributed by atoms with Gasteiger partial charge in [0.1, 0.15) is 0 Å². The van der Waals surface area contributed by atoms with Gasteiger partial charge < -0.3 is 10.2 Å². The third-order valence-corrected chi connectivity index (χ3v) is 5.88. The van der Waals surface area contributed by atoms with Crippen LogP contribution in [0.15, 0.2) is 5.38 Å². The first-order valence-electron chi connectivity index (χ1n) is 7.06. The van der Waals surface area contributed by atoms with Crippen LogP contribution in [0.2, 0.25) is 0 Å². The molecule has 0 bridgehead atoms. The number of hydrogen-bond donors (Lipinski definition) is 1. The van der Waals surface area contributed by atoms with E-state index in [1.54, 1.807) is 11.3 Å². The maximum atomic E-state index is 12.3. The topological polar surface area (TPSA) is 45.2 Å². The summed E-state index contributed by atoms with van der Waals surface area (Å²) in [7, 11) is 0. The first kappa shape index (κ1) is 15.6. The Hall–Kier alpha value is -0.750. The summed E-state index contributed by atoms with van der Waals surface area (Å²) in [6, 6.07) is 0.00799. The fourth-order valence-electron chi connectivity index (χ4n) is 2.19. The highest BCUT2D eigenvalue weighted by atomic mass is 32.2. The van der Waals surface area contributed by atoms with E-state index in [0.29, 0.717) is 11.2 Å². The van der Waals surface area contributed by atoms with Crippen molar-refractivity contribution < 1.29 is 4.79 Å². The highest BCUT2D eigenvalue weighted by Crippen LogP contribution is 2.25. The first-order chi connectivity index (χ1) is 9.47. The van der Waals surface area contributed by atoms with E-state index in [2.05, 4.69) is 24.1 Å². The number of carbonyl (C=O) groups is 1. The Balaban J connectivity index is 1.91. The molecule has 20 heavy (non-hydrogen) atoms. The number of thiazole rings is 1. The number of nitrogens with zero attached hydrogens (tertiary/aromatic N) is 2. The van der Waals surface area contributed by atoms with Gasteiger partial charge in [-0.3, -0.25) is 0 Å². The van der Waals surface area contributed by atoms with Crippen molar-refractivity contribution in [1.82, 2.24) is 15.2 Å². The van der Waals surface area contributed by atoms with E-state index in [9.17, 15) is 4.79 Å². The molecule has 0 aliphatic carbocycles. The van der Waals surface area contributed by atoms with Crippen LogP contribution in [-0.2, 0) is 0 Å². The summed E-state index contributed by atoms with van der Waals surface area (Å²) in [6.45, 7) is 10.1. The standard InChI is InChI=1S/C14H23N3OS2/c1-9(2)13-7-17(5-6-19-13)14(18)15-10(3)12-8-20-11(4)16-12/h8-10,13H,5-7H2,1-4H3,(H,15,18). The van der Waals surface area contributed by atoms with Crippen molar-refractivity contribution in [3.8, 4) is 0 Å². The fourth-order valence-corrected chi connectivity index (χ4v) is 4.20. The zero-order chi connectivity index (χ0) is 14.7. The Bertz CT molecular complexity index is 461. The minimum Gasteiger partial charge on any atom is -0.330 e. The lowest BCUT2D eigenvalue weighted by Gasteiger charge is -2.34. The molecule has 0 spiro atoms. The third-order valence-electron chi connectivity index (χ3n) is 3.54. The molecule has 112 valence electrons. The van der Waals surface area contributed by atoms with Gasteiger partial charge in [0.2, 0.25) is 0 Å². The molecule has 1 saturated heterocycles. The molecule has 0 aromatic carbocycles. The molecule has 1 N–H and O–H groups in total. The van der Waals surface area contributed by atoms with Gasteiger partial charge in [0, 0.05) is 29.5 Å². The monoisotopic (exact) mass is 313 g/mol. The second-order valence-electron chi connectivity index (χ2n) is 5.56. The van der Waals surface area contributed by atoms with Crippen molar-refractivity contribution in [2.75, 3.05) is 18.8 Å². The number of urea groups is 1. The summed E-state index contributed by atoms with van der Waals surface area (Å²) in [5.74, 6) is 1.63. The predicted molar refractivity (Wildman–Crippen MR) is 86.5 cm³/mol. The lowest BCUT2D eigenvalue weighted by molar-refractivity contribution is 0.193. The second kappa shape index (κ2) is 6.80. The summed E-state index contributed by atoms with van der Waals surface area (Å²) >= 11 is 3.60. The van der Waals surface area contributed by atoms with Crippen LogP contribution in [-0.4, -0.2) is 40.0 Å². The predicted octanol–water partition coefficient (Wildman–Crippen LogP) is 3.30. The van der Waals surface area contributed by atoms with E-state index in [1.165, 1.54) is 0 Å². The Morgan fingerprint density at radius 3 is 2.85 bits per heavy atom. The molecule has 2 rings (SSSR count). The number of nitrogens with one attached hydrogen (secondary N) is 1. The minimum atomic E-state index is -0.0282. The minimum absolute atomic E-state index is 0.0282. The maximum absolute atomic E-state index is 12.3. The molecule has 1 fully saturated rings. The maximum Gasteiger partial charge on any atom is 0.317 e. The highest BCUT2D eigenvalue weighted by molar-refractivity contribution is 8.00. The van der Waals surface area contributed by atoms with Crippen molar-refractivity contribution in [2.24, 2.45) is 5.92 Å². The number of thioether (sulfide) groups is 1. The van der Waals surface area contributed by atoms with Crippen molar-refractivity contribution in [3.05, 3.63) is 16.1 Å². The molecule has 1 aromatic heterocycles. The van der Waals surface area contributed by atoms with Crippen molar-refractivity contribution in [2.45, 2.75) is 39.0 Å². The molecular formula is C14H23N3OS2. The average Bonchev–Trinajstić information content (AvgIpc) is 2.85. The number of aryl methyl sites for hydroxylation is 1. The van der Waals surface area contributed by atoms with Gasteiger partial charge in [-0.2, -0.15) is 11.8 Å². The van der Waals surface area contributed by atoms with E-state index in [1.807, 2.05) is 35.9 Å². The number of amides is 2. The lowest BCUT2D eigenvalue weighted by Crippen LogP contribution is -2.48. The van der Waals surface area contributed by atoms with E-state index >= 15 is 0 Å². The summed E-state index contributed by atoms with van der Waals surface area (Å²) in [5.41, 5.74) is 0.952. The zero-order valence-corrected chi connectivity index (χ0v) is 14.2. The van der Waals surface area contributed by atoms with E-state index < -0.39 is 0 Å². The fraction of sp³-hybridized carbons (Fsp3) is 0.714. The summed E-state index contributed by atoms with van der Waals surface area (Å²) in [6.07, 6.45) is 0. The average molecular weight is 313 g/mol. The summed E-state index contributed by atoms with van der Waals surface area (Å²) in [5, 5.41) is 6.66. The lowest BCUT2D eigenvalue weighted by atomic mass is 10.1. The number of aromatic nitrogens is 1. The van der Waals surface area contributed by atoms with Crippen molar-refractivity contribution in [1.29, 1.82) is 0 Å². The van der Waals surface area contributed by atoms with E-state index in [0.717, 1.165) is 29.5 Å². The Morgan fingerprint density at radius 1 is 1.50 bits per heavy atom.